The Labute approximate surface area is 134 Å². The summed E-state index contributed by atoms with van der Waals surface area (Å²) in [6.45, 7) is 3.84. The molecule has 0 fully saturated rings. The molecule has 1 heterocycles. The van der Waals surface area contributed by atoms with Crippen LogP contribution in [0.1, 0.15) is 23.2 Å². The smallest absolute Gasteiger partial charge is 0.225 e. The van der Waals surface area contributed by atoms with Crippen molar-refractivity contribution >= 4 is 23.4 Å². The molecule has 1 amide bonds. The fourth-order valence-corrected chi connectivity index (χ4v) is 2.85. The van der Waals surface area contributed by atoms with Gasteiger partial charge in [0.2, 0.25) is 5.91 Å². The second-order valence-corrected chi connectivity index (χ2v) is 5.96. The number of aryl methyl sites for hydroxylation is 2. The minimum Gasteiger partial charge on any atom is -0.326 e. The highest BCUT2D eigenvalue weighted by Gasteiger charge is 2.08. The lowest BCUT2D eigenvalue weighted by Crippen LogP contribution is -2.13. The summed E-state index contributed by atoms with van der Waals surface area (Å²) in [7, 11) is 0. The maximum atomic E-state index is 12.0. The van der Waals surface area contributed by atoms with Gasteiger partial charge in [-0.3, -0.25) is 4.79 Å². The van der Waals surface area contributed by atoms with E-state index >= 15 is 0 Å². The van der Waals surface area contributed by atoms with Crippen molar-refractivity contribution in [2.24, 2.45) is 0 Å². The first-order valence-electron chi connectivity index (χ1n) is 6.96. The van der Waals surface area contributed by atoms with Crippen LogP contribution in [0.4, 0.5) is 5.69 Å². The van der Waals surface area contributed by atoms with Crippen molar-refractivity contribution in [3.05, 3.63) is 53.2 Å². The zero-order valence-corrected chi connectivity index (χ0v) is 13.4. The van der Waals surface area contributed by atoms with E-state index in [4.69, 9.17) is 5.26 Å². The van der Waals surface area contributed by atoms with E-state index in [-0.39, 0.29) is 5.91 Å². The number of pyridine rings is 1. The number of rotatable bonds is 5. The van der Waals surface area contributed by atoms with E-state index in [0.29, 0.717) is 22.8 Å². The highest BCUT2D eigenvalue weighted by Crippen LogP contribution is 2.21. The molecule has 1 N–H and O–H groups in total. The first kappa shape index (κ1) is 16.1. The monoisotopic (exact) mass is 311 g/mol. The van der Waals surface area contributed by atoms with E-state index < -0.39 is 0 Å². The Morgan fingerprint density at radius 3 is 2.77 bits per heavy atom. The maximum Gasteiger partial charge on any atom is 0.225 e. The van der Waals surface area contributed by atoms with Crippen molar-refractivity contribution < 1.29 is 4.79 Å². The van der Waals surface area contributed by atoms with Crippen LogP contribution in [0.25, 0.3) is 0 Å². The summed E-state index contributed by atoms with van der Waals surface area (Å²) >= 11 is 1.43. The Kier molecular flexibility index (Phi) is 5.56. The number of nitrogens with zero attached hydrogens (tertiary/aromatic N) is 2. The van der Waals surface area contributed by atoms with Crippen LogP contribution in [0.15, 0.2) is 41.4 Å². The predicted molar refractivity (Wildman–Crippen MR) is 88.8 cm³/mol. The third-order valence-electron chi connectivity index (χ3n) is 3.11. The Balaban J connectivity index is 1.89. The third kappa shape index (κ3) is 4.34. The van der Waals surface area contributed by atoms with E-state index in [1.54, 1.807) is 6.07 Å². The minimum absolute atomic E-state index is 0.0343. The largest absolute Gasteiger partial charge is 0.326 e. The van der Waals surface area contributed by atoms with Crippen molar-refractivity contribution in [1.29, 1.82) is 5.26 Å². The van der Waals surface area contributed by atoms with Gasteiger partial charge in [0.25, 0.3) is 0 Å². The molecule has 0 bridgehead atoms. The van der Waals surface area contributed by atoms with Crippen molar-refractivity contribution in [2.45, 2.75) is 25.3 Å². The average molecular weight is 311 g/mol. The van der Waals surface area contributed by atoms with Gasteiger partial charge in [-0.2, -0.15) is 5.26 Å². The minimum atomic E-state index is -0.0343. The van der Waals surface area contributed by atoms with E-state index in [9.17, 15) is 4.79 Å². The number of nitriles is 1. The van der Waals surface area contributed by atoms with Gasteiger partial charge < -0.3 is 5.32 Å². The number of carbonyl (C=O) groups is 1. The molecule has 1 aromatic carbocycles. The quantitative estimate of drug-likeness (QED) is 0.855. The number of carbonyl (C=O) groups excluding carboxylic acids is 1. The second kappa shape index (κ2) is 7.62. The summed E-state index contributed by atoms with van der Waals surface area (Å²) in [6.07, 6.45) is 0.374. The van der Waals surface area contributed by atoms with Gasteiger partial charge in [0.05, 0.1) is 5.56 Å². The molecular formula is C17H17N3OS. The molecule has 0 aliphatic heterocycles. The molecule has 0 spiro atoms. The number of anilines is 1. The Bertz CT molecular complexity index is 722. The molecule has 0 atom stereocenters. The Morgan fingerprint density at radius 2 is 2.05 bits per heavy atom. The van der Waals surface area contributed by atoms with E-state index in [0.717, 1.165) is 16.9 Å². The number of nitrogens with one attached hydrogen (secondary N) is 1. The fraction of sp³-hybridized carbons (Fsp3) is 0.235. The third-order valence-corrected chi connectivity index (χ3v) is 4.10. The Morgan fingerprint density at radius 1 is 1.27 bits per heavy atom. The normalized spacial score (nSPS) is 10.0. The number of aromatic nitrogens is 1. The van der Waals surface area contributed by atoms with Crippen molar-refractivity contribution in [1.82, 2.24) is 4.98 Å². The van der Waals surface area contributed by atoms with Crippen LogP contribution in [0.3, 0.4) is 0 Å². The topological polar surface area (TPSA) is 65.8 Å². The average Bonchev–Trinajstić information content (AvgIpc) is 2.50. The molecule has 0 radical (unpaired) electrons. The van der Waals surface area contributed by atoms with E-state index in [1.807, 2.05) is 44.2 Å². The number of amides is 1. The zero-order valence-electron chi connectivity index (χ0n) is 12.6. The summed E-state index contributed by atoms with van der Waals surface area (Å²) < 4.78 is 0. The van der Waals surface area contributed by atoms with Gasteiger partial charge in [0, 0.05) is 23.6 Å². The van der Waals surface area contributed by atoms with Gasteiger partial charge in [-0.15, -0.1) is 11.8 Å². The standard InChI is InChI=1S/C17H17N3OS/c1-12-5-3-4-6-15(12)20-16(21)9-10-22-17-14(11-18)8-7-13(2)19-17/h3-8H,9-10H2,1-2H3,(H,20,21). The molecule has 0 unspecified atom stereocenters. The Hall–Kier alpha value is -2.32. The van der Waals surface area contributed by atoms with Crippen LogP contribution in [-0.2, 0) is 4.79 Å². The van der Waals surface area contributed by atoms with Crippen LogP contribution >= 0.6 is 11.8 Å². The lowest BCUT2D eigenvalue weighted by molar-refractivity contribution is -0.115. The first-order chi connectivity index (χ1) is 10.6. The molecule has 0 saturated heterocycles. The molecule has 22 heavy (non-hydrogen) atoms. The number of hydrogen-bond donors (Lipinski definition) is 1. The number of para-hydroxylation sites is 1. The lowest BCUT2D eigenvalue weighted by atomic mass is 10.2. The lowest BCUT2D eigenvalue weighted by Gasteiger charge is -2.08. The maximum absolute atomic E-state index is 12.0. The molecule has 0 aliphatic rings. The van der Waals surface area contributed by atoms with E-state index in [1.165, 1.54) is 11.8 Å². The summed E-state index contributed by atoms with van der Waals surface area (Å²) in [4.78, 5) is 16.3. The van der Waals surface area contributed by atoms with Gasteiger partial charge in [-0.25, -0.2) is 4.98 Å². The van der Waals surface area contributed by atoms with Gasteiger partial charge in [-0.1, -0.05) is 18.2 Å². The SMILES string of the molecule is Cc1ccc(C#N)c(SCCC(=O)Nc2ccccc2C)n1. The number of hydrogen-bond acceptors (Lipinski definition) is 4. The van der Waals surface area contributed by atoms with Crippen LogP contribution < -0.4 is 5.32 Å². The molecular weight excluding hydrogens is 294 g/mol. The molecule has 0 aliphatic carbocycles. The summed E-state index contributed by atoms with van der Waals surface area (Å²) in [5.41, 5.74) is 3.29. The zero-order chi connectivity index (χ0) is 15.9. The van der Waals surface area contributed by atoms with Crippen LogP contribution in [-0.4, -0.2) is 16.6 Å². The van der Waals surface area contributed by atoms with E-state index in [2.05, 4.69) is 16.4 Å². The second-order valence-electron chi connectivity index (χ2n) is 4.88. The van der Waals surface area contributed by atoms with Crippen molar-refractivity contribution in [2.75, 3.05) is 11.1 Å². The molecule has 4 nitrogen and oxygen atoms in total. The van der Waals surface area contributed by atoms with Crippen LogP contribution in [0.2, 0.25) is 0 Å². The van der Waals surface area contributed by atoms with Gasteiger partial charge in [0.15, 0.2) is 0 Å². The molecule has 2 aromatic rings. The molecule has 1 aromatic heterocycles. The predicted octanol–water partition coefficient (Wildman–Crippen LogP) is 3.69. The molecule has 2 rings (SSSR count). The van der Waals surface area contributed by atoms with Gasteiger partial charge in [-0.05, 0) is 37.6 Å². The molecule has 5 heteroatoms. The van der Waals surface area contributed by atoms with Crippen molar-refractivity contribution in [3.8, 4) is 6.07 Å². The molecule has 0 saturated carbocycles. The van der Waals surface area contributed by atoms with Gasteiger partial charge in [0.1, 0.15) is 11.1 Å². The highest BCUT2D eigenvalue weighted by molar-refractivity contribution is 7.99. The number of thioether (sulfide) groups is 1. The summed E-state index contributed by atoms with van der Waals surface area (Å²) in [5.74, 6) is 0.552. The van der Waals surface area contributed by atoms with Gasteiger partial charge >= 0.3 is 0 Å². The first-order valence-corrected chi connectivity index (χ1v) is 7.94. The molecule has 112 valence electrons. The summed E-state index contributed by atoms with van der Waals surface area (Å²) in [6, 6.07) is 13.4. The fourth-order valence-electron chi connectivity index (χ4n) is 1.89. The summed E-state index contributed by atoms with van der Waals surface area (Å²) in [5, 5.41) is 12.6. The number of benzene rings is 1. The van der Waals surface area contributed by atoms with Crippen LogP contribution in [0, 0.1) is 25.2 Å². The van der Waals surface area contributed by atoms with Crippen molar-refractivity contribution in [3.63, 3.8) is 0 Å². The highest BCUT2D eigenvalue weighted by atomic mass is 32.2. The van der Waals surface area contributed by atoms with Crippen LogP contribution in [0.5, 0.6) is 0 Å².